The minimum absolute atomic E-state index is 0.642. The summed E-state index contributed by atoms with van der Waals surface area (Å²) in [6.45, 7) is 2.28. The molecule has 1 unspecified atom stereocenters. The van der Waals surface area contributed by atoms with Crippen LogP contribution in [0.1, 0.15) is 71.1 Å². The van der Waals surface area contributed by atoms with E-state index in [4.69, 9.17) is 11.2 Å². The topological polar surface area (TPSA) is 0 Å². The molecule has 14 heavy (non-hydrogen) atoms. The van der Waals surface area contributed by atoms with Gasteiger partial charge in [-0.15, -0.1) is 11.2 Å². The molecule has 0 aromatic rings. The molecule has 0 radical (unpaired) electrons. The van der Waals surface area contributed by atoms with Crippen molar-refractivity contribution in [2.45, 2.75) is 71.1 Å². The summed E-state index contributed by atoms with van der Waals surface area (Å²) in [7, 11) is 0.642. The Balaban J connectivity index is 2.78. The highest BCUT2D eigenvalue weighted by Crippen LogP contribution is 2.18. The first kappa shape index (κ1) is 14.7. The molecular formula is C12H26ClP. The average molecular weight is 237 g/mol. The fraction of sp³-hybridized carbons (Fsp3) is 1.00. The van der Waals surface area contributed by atoms with Gasteiger partial charge in [0.25, 0.3) is 0 Å². The smallest absolute Gasteiger partial charge is 0.0214 e. The predicted molar refractivity (Wildman–Crippen MR) is 70.9 cm³/mol. The fourth-order valence-corrected chi connectivity index (χ4v) is 2.46. The highest BCUT2D eigenvalue weighted by atomic mass is 35.7. The maximum atomic E-state index is 5.64. The highest BCUT2D eigenvalue weighted by Gasteiger charge is 1.91. The fourth-order valence-electron chi connectivity index (χ4n) is 1.68. The van der Waals surface area contributed by atoms with Crippen LogP contribution in [0.5, 0.6) is 0 Å². The molecule has 0 rings (SSSR count). The molecule has 0 N–H and O–H groups in total. The second-order valence-corrected chi connectivity index (χ2v) is 5.63. The first-order valence-electron chi connectivity index (χ1n) is 6.25. The van der Waals surface area contributed by atoms with Gasteiger partial charge in [-0.05, 0) is 20.5 Å². The van der Waals surface area contributed by atoms with Crippen LogP contribution < -0.4 is 0 Å². The van der Waals surface area contributed by atoms with Crippen LogP contribution in [-0.4, -0.2) is 6.16 Å². The van der Waals surface area contributed by atoms with Gasteiger partial charge in [0.15, 0.2) is 0 Å². The first-order valence-corrected chi connectivity index (χ1v) is 8.47. The molecule has 0 saturated heterocycles. The number of halogens is 1. The van der Waals surface area contributed by atoms with Crippen molar-refractivity contribution in [3.8, 4) is 0 Å². The number of hydrogen-bond donors (Lipinski definition) is 0. The van der Waals surface area contributed by atoms with Crippen LogP contribution in [0.4, 0.5) is 0 Å². The third kappa shape index (κ3) is 12.7. The van der Waals surface area contributed by atoms with Crippen molar-refractivity contribution in [1.29, 1.82) is 0 Å². The summed E-state index contributed by atoms with van der Waals surface area (Å²) in [5.74, 6) is 0. The predicted octanol–water partition coefficient (Wildman–Crippen LogP) is 5.74. The van der Waals surface area contributed by atoms with Crippen molar-refractivity contribution < 1.29 is 0 Å². The van der Waals surface area contributed by atoms with Gasteiger partial charge in [-0.2, -0.15) is 0 Å². The van der Waals surface area contributed by atoms with E-state index in [1.165, 1.54) is 70.4 Å². The Morgan fingerprint density at radius 1 is 0.714 bits per heavy atom. The van der Waals surface area contributed by atoms with Crippen molar-refractivity contribution in [2.24, 2.45) is 0 Å². The lowest BCUT2D eigenvalue weighted by molar-refractivity contribution is 0.563. The molecule has 0 fully saturated rings. The summed E-state index contributed by atoms with van der Waals surface area (Å²) in [5, 5.41) is 0. The van der Waals surface area contributed by atoms with Crippen molar-refractivity contribution in [3.05, 3.63) is 0 Å². The third-order valence-corrected chi connectivity index (χ3v) is 3.73. The van der Waals surface area contributed by atoms with Crippen LogP contribution in [0.2, 0.25) is 0 Å². The van der Waals surface area contributed by atoms with E-state index in [-0.39, 0.29) is 0 Å². The molecule has 0 aromatic heterocycles. The minimum Gasteiger partial charge on any atom is -0.100 e. The maximum absolute atomic E-state index is 5.64. The Morgan fingerprint density at radius 2 is 1.14 bits per heavy atom. The second-order valence-electron chi connectivity index (χ2n) is 4.07. The van der Waals surface area contributed by atoms with Gasteiger partial charge in [0.1, 0.15) is 0 Å². The largest absolute Gasteiger partial charge is 0.100 e. The Bertz CT molecular complexity index is 84.3. The molecule has 0 aliphatic carbocycles. The van der Waals surface area contributed by atoms with Gasteiger partial charge in [-0.25, -0.2) is 0 Å². The van der Waals surface area contributed by atoms with Gasteiger partial charge in [0.05, 0.1) is 0 Å². The molecule has 0 aromatic carbocycles. The van der Waals surface area contributed by atoms with E-state index >= 15 is 0 Å². The molecule has 2 heteroatoms. The molecule has 0 nitrogen and oxygen atoms in total. The van der Waals surface area contributed by atoms with E-state index in [2.05, 4.69) is 6.92 Å². The molecule has 0 heterocycles. The zero-order valence-electron chi connectivity index (χ0n) is 9.66. The lowest BCUT2D eigenvalue weighted by Gasteiger charge is -2.01. The molecular weight excluding hydrogens is 211 g/mol. The lowest BCUT2D eigenvalue weighted by Crippen LogP contribution is -1.82. The maximum Gasteiger partial charge on any atom is -0.0214 e. The zero-order chi connectivity index (χ0) is 10.5. The molecule has 86 valence electrons. The molecule has 0 bridgehead atoms. The third-order valence-electron chi connectivity index (χ3n) is 2.62. The van der Waals surface area contributed by atoms with Gasteiger partial charge in [0.2, 0.25) is 0 Å². The van der Waals surface area contributed by atoms with Gasteiger partial charge in [-0.1, -0.05) is 64.7 Å². The monoisotopic (exact) mass is 236 g/mol. The summed E-state index contributed by atoms with van der Waals surface area (Å²) in [6, 6.07) is 0. The summed E-state index contributed by atoms with van der Waals surface area (Å²) >= 11 is 5.64. The summed E-state index contributed by atoms with van der Waals surface area (Å²) in [5.41, 5.74) is 0. The van der Waals surface area contributed by atoms with Crippen LogP contribution in [-0.2, 0) is 0 Å². The second kappa shape index (κ2) is 13.7. The highest BCUT2D eigenvalue weighted by molar-refractivity contribution is 7.68. The van der Waals surface area contributed by atoms with E-state index in [1.54, 1.807) is 0 Å². The lowest BCUT2D eigenvalue weighted by atomic mass is 10.1. The van der Waals surface area contributed by atoms with Crippen LogP contribution in [0.3, 0.4) is 0 Å². The molecule has 0 spiro atoms. The molecule has 0 saturated carbocycles. The summed E-state index contributed by atoms with van der Waals surface area (Å²) in [4.78, 5) is 0. The van der Waals surface area contributed by atoms with E-state index in [9.17, 15) is 0 Å². The Kier molecular flexibility index (Phi) is 14.4. The van der Waals surface area contributed by atoms with Gasteiger partial charge in [0, 0.05) is 0 Å². The normalized spacial score (nSPS) is 11.6. The van der Waals surface area contributed by atoms with Crippen molar-refractivity contribution >= 4 is 19.2 Å². The Hall–Kier alpha value is 0.720. The number of unbranched alkanes of at least 4 members (excludes halogenated alkanes) is 9. The van der Waals surface area contributed by atoms with Crippen molar-refractivity contribution in [3.63, 3.8) is 0 Å². The quantitative estimate of drug-likeness (QED) is 0.317. The van der Waals surface area contributed by atoms with E-state index in [1.807, 2.05) is 0 Å². The number of hydrogen-bond acceptors (Lipinski definition) is 0. The van der Waals surface area contributed by atoms with Gasteiger partial charge < -0.3 is 0 Å². The van der Waals surface area contributed by atoms with Crippen LogP contribution in [0.25, 0.3) is 0 Å². The molecule has 0 aliphatic rings. The Labute approximate surface area is 96.8 Å². The first-order chi connectivity index (χ1) is 6.91. The standard InChI is InChI=1S/C12H26ClP/c1-2-3-4-5-6-7-8-9-10-11-12-14-13/h14H,2-12H2,1H3. The minimum atomic E-state index is 0.642. The summed E-state index contributed by atoms with van der Waals surface area (Å²) < 4.78 is 0. The van der Waals surface area contributed by atoms with Crippen LogP contribution >= 0.6 is 19.2 Å². The molecule has 1 atom stereocenters. The SMILES string of the molecule is CCCCCCCCCCCCPCl. The molecule has 0 aliphatic heterocycles. The van der Waals surface area contributed by atoms with E-state index in [0.29, 0.717) is 7.93 Å². The average Bonchev–Trinajstić information content (AvgIpc) is 2.21. The number of rotatable bonds is 11. The van der Waals surface area contributed by atoms with Crippen molar-refractivity contribution in [1.82, 2.24) is 0 Å². The van der Waals surface area contributed by atoms with Crippen molar-refractivity contribution in [2.75, 3.05) is 6.16 Å². The van der Waals surface area contributed by atoms with Crippen LogP contribution in [0, 0.1) is 0 Å². The Morgan fingerprint density at radius 3 is 1.57 bits per heavy atom. The molecule has 0 amide bonds. The van der Waals surface area contributed by atoms with E-state index in [0.717, 1.165) is 0 Å². The van der Waals surface area contributed by atoms with E-state index < -0.39 is 0 Å². The van der Waals surface area contributed by atoms with Crippen LogP contribution in [0.15, 0.2) is 0 Å². The van der Waals surface area contributed by atoms with Gasteiger partial charge >= 0.3 is 0 Å². The summed E-state index contributed by atoms with van der Waals surface area (Å²) in [6.07, 6.45) is 15.4. The van der Waals surface area contributed by atoms with Gasteiger partial charge in [-0.3, -0.25) is 0 Å². The zero-order valence-corrected chi connectivity index (χ0v) is 11.4.